The van der Waals surface area contributed by atoms with E-state index in [0.29, 0.717) is 32.0 Å². The van der Waals surface area contributed by atoms with Gasteiger partial charge in [-0.1, -0.05) is 0 Å². The van der Waals surface area contributed by atoms with Crippen molar-refractivity contribution < 1.29 is 22.7 Å². The summed E-state index contributed by atoms with van der Waals surface area (Å²) in [5, 5.41) is 2.99. The van der Waals surface area contributed by atoms with Crippen LogP contribution in [0.15, 0.2) is 0 Å². The van der Waals surface area contributed by atoms with E-state index in [0.717, 1.165) is 32.5 Å². The van der Waals surface area contributed by atoms with E-state index in [1.165, 1.54) is 10.6 Å². The molecule has 0 unspecified atom stereocenters. The molecule has 8 heteroatoms. The average molecular weight is 346 g/mol. The quantitative estimate of drug-likeness (QED) is 0.773. The third-order valence-corrected chi connectivity index (χ3v) is 6.45. The Hall–Kier alpha value is -0.700. The lowest BCUT2D eigenvalue weighted by Gasteiger charge is -2.32. The Kier molecular flexibility index (Phi) is 5.25. The summed E-state index contributed by atoms with van der Waals surface area (Å²) < 4.78 is 35.9. The molecule has 3 atom stereocenters. The first-order chi connectivity index (χ1) is 10.9. The number of piperidine rings is 1. The molecule has 3 saturated heterocycles. The van der Waals surface area contributed by atoms with E-state index >= 15 is 0 Å². The zero-order valence-corrected chi connectivity index (χ0v) is 14.4. The molecular formula is C15H26N2O5S. The molecule has 0 saturated carbocycles. The van der Waals surface area contributed by atoms with Crippen LogP contribution in [0.4, 0.5) is 0 Å². The Bertz CT molecular complexity index is 532. The highest BCUT2D eigenvalue weighted by molar-refractivity contribution is 7.88. The molecule has 3 heterocycles. The Morgan fingerprint density at radius 2 is 2.00 bits per heavy atom. The predicted octanol–water partition coefficient (Wildman–Crippen LogP) is -0.0318. The van der Waals surface area contributed by atoms with Crippen LogP contribution in [0.3, 0.4) is 0 Å². The van der Waals surface area contributed by atoms with E-state index < -0.39 is 16.1 Å². The zero-order chi connectivity index (χ0) is 16.4. The first-order valence-corrected chi connectivity index (χ1v) is 10.2. The van der Waals surface area contributed by atoms with E-state index in [4.69, 9.17) is 9.47 Å². The molecule has 0 aliphatic carbocycles. The molecule has 0 aromatic rings. The normalized spacial score (nSPS) is 33.3. The second kappa shape index (κ2) is 7.04. The van der Waals surface area contributed by atoms with Crippen molar-refractivity contribution in [1.29, 1.82) is 0 Å². The summed E-state index contributed by atoms with van der Waals surface area (Å²) in [7, 11) is -3.19. The second-order valence-electron chi connectivity index (χ2n) is 6.87. The number of nitrogens with zero attached hydrogens (tertiary/aromatic N) is 1. The molecule has 3 fully saturated rings. The average Bonchev–Trinajstić information content (AvgIpc) is 2.96. The fourth-order valence-corrected chi connectivity index (χ4v) is 4.54. The molecule has 1 N–H and O–H groups in total. The number of rotatable bonds is 4. The Morgan fingerprint density at radius 1 is 1.26 bits per heavy atom. The molecule has 3 aliphatic rings. The first kappa shape index (κ1) is 17.1. The van der Waals surface area contributed by atoms with Gasteiger partial charge >= 0.3 is 0 Å². The number of amides is 1. The maximum atomic E-state index is 12.3. The molecule has 3 aliphatic heterocycles. The molecule has 3 rings (SSSR count). The summed E-state index contributed by atoms with van der Waals surface area (Å²) in [6.07, 6.45) is 4.06. The third-order valence-electron chi connectivity index (χ3n) is 5.18. The molecular weight excluding hydrogens is 320 g/mol. The molecule has 0 radical (unpaired) electrons. The minimum absolute atomic E-state index is 0.0585. The van der Waals surface area contributed by atoms with Gasteiger partial charge in [-0.3, -0.25) is 4.79 Å². The van der Waals surface area contributed by atoms with Gasteiger partial charge in [-0.05, 0) is 37.5 Å². The van der Waals surface area contributed by atoms with Crippen LogP contribution >= 0.6 is 0 Å². The van der Waals surface area contributed by atoms with Crippen LogP contribution in [0, 0.1) is 11.8 Å². The van der Waals surface area contributed by atoms with Crippen LogP contribution in [0.5, 0.6) is 0 Å². The first-order valence-electron chi connectivity index (χ1n) is 8.39. The van der Waals surface area contributed by atoms with Crippen molar-refractivity contribution in [3.05, 3.63) is 0 Å². The number of carbonyl (C=O) groups excluding carboxylic acids is 1. The molecule has 0 aromatic carbocycles. The molecule has 7 nitrogen and oxygen atoms in total. The van der Waals surface area contributed by atoms with Gasteiger partial charge in [0.2, 0.25) is 15.9 Å². The third kappa shape index (κ3) is 4.23. The number of sulfonamides is 1. The summed E-state index contributed by atoms with van der Waals surface area (Å²) in [5.41, 5.74) is 0. The van der Waals surface area contributed by atoms with E-state index in [1.54, 1.807) is 0 Å². The second-order valence-corrected chi connectivity index (χ2v) is 8.85. The highest BCUT2D eigenvalue weighted by Crippen LogP contribution is 2.34. The van der Waals surface area contributed by atoms with Gasteiger partial charge in [0, 0.05) is 32.8 Å². The molecule has 0 aromatic heterocycles. The molecule has 132 valence electrons. The van der Waals surface area contributed by atoms with E-state index in [2.05, 4.69) is 5.32 Å². The van der Waals surface area contributed by atoms with Gasteiger partial charge in [0.25, 0.3) is 0 Å². The van der Waals surface area contributed by atoms with Crippen molar-refractivity contribution >= 4 is 15.9 Å². The fraction of sp³-hybridized carbons (Fsp3) is 0.933. The van der Waals surface area contributed by atoms with E-state index in [9.17, 15) is 13.2 Å². The minimum atomic E-state index is -3.19. The summed E-state index contributed by atoms with van der Waals surface area (Å²) in [4.78, 5) is 12.3. The number of fused-ring (bicyclic) bond motifs is 1. The van der Waals surface area contributed by atoms with Gasteiger partial charge in [0.15, 0.2) is 0 Å². The number of hydrogen-bond acceptors (Lipinski definition) is 5. The van der Waals surface area contributed by atoms with Gasteiger partial charge in [0.1, 0.15) is 6.10 Å². The van der Waals surface area contributed by atoms with E-state index in [-0.39, 0.29) is 17.9 Å². The van der Waals surface area contributed by atoms with Crippen molar-refractivity contribution in [2.45, 2.75) is 37.9 Å². The Labute approximate surface area is 137 Å². The predicted molar refractivity (Wildman–Crippen MR) is 84.4 cm³/mol. The summed E-state index contributed by atoms with van der Waals surface area (Å²) in [6.45, 7) is 3.11. The summed E-state index contributed by atoms with van der Waals surface area (Å²) >= 11 is 0. The van der Waals surface area contributed by atoms with Gasteiger partial charge in [-0.15, -0.1) is 0 Å². The zero-order valence-electron chi connectivity index (χ0n) is 13.6. The number of nitrogens with one attached hydrogen (secondary N) is 1. The lowest BCUT2D eigenvalue weighted by atomic mass is 9.92. The Morgan fingerprint density at radius 3 is 2.70 bits per heavy atom. The highest BCUT2D eigenvalue weighted by Gasteiger charge is 2.43. The van der Waals surface area contributed by atoms with Crippen LogP contribution < -0.4 is 5.32 Å². The van der Waals surface area contributed by atoms with Gasteiger partial charge in [-0.2, -0.15) is 4.31 Å². The highest BCUT2D eigenvalue weighted by atomic mass is 32.2. The largest absolute Gasteiger partial charge is 0.381 e. The maximum absolute atomic E-state index is 12.3. The molecule has 1 amide bonds. The SMILES string of the molecule is CS(=O)(=O)N1CC[C@H]2C[C@H](C(=O)NCC3CCOCC3)O[C@@H]2C1. The van der Waals surface area contributed by atoms with Crippen molar-refractivity contribution in [2.75, 3.05) is 39.1 Å². The van der Waals surface area contributed by atoms with Crippen molar-refractivity contribution in [1.82, 2.24) is 9.62 Å². The topological polar surface area (TPSA) is 84.9 Å². The summed E-state index contributed by atoms with van der Waals surface area (Å²) in [5.74, 6) is 0.709. The van der Waals surface area contributed by atoms with Crippen LogP contribution in [-0.2, 0) is 24.3 Å². The van der Waals surface area contributed by atoms with Crippen LogP contribution in [0.25, 0.3) is 0 Å². The Balaban J connectivity index is 1.48. The smallest absolute Gasteiger partial charge is 0.249 e. The maximum Gasteiger partial charge on any atom is 0.249 e. The van der Waals surface area contributed by atoms with Crippen LogP contribution in [0.2, 0.25) is 0 Å². The monoisotopic (exact) mass is 346 g/mol. The van der Waals surface area contributed by atoms with Gasteiger partial charge in [-0.25, -0.2) is 8.42 Å². The lowest BCUT2D eigenvalue weighted by Crippen LogP contribution is -2.45. The van der Waals surface area contributed by atoms with Crippen molar-refractivity contribution in [3.63, 3.8) is 0 Å². The van der Waals surface area contributed by atoms with Gasteiger partial charge < -0.3 is 14.8 Å². The summed E-state index contributed by atoms with van der Waals surface area (Å²) in [6, 6.07) is 0. The minimum Gasteiger partial charge on any atom is -0.381 e. The van der Waals surface area contributed by atoms with E-state index in [1.807, 2.05) is 0 Å². The fourth-order valence-electron chi connectivity index (χ4n) is 3.68. The molecule has 0 spiro atoms. The van der Waals surface area contributed by atoms with Crippen LogP contribution in [-0.4, -0.2) is 69.9 Å². The number of carbonyl (C=O) groups is 1. The van der Waals surface area contributed by atoms with Gasteiger partial charge in [0.05, 0.1) is 12.4 Å². The molecule has 23 heavy (non-hydrogen) atoms. The number of hydrogen-bond donors (Lipinski definition) is 1. The van der Waals surface area contributed by atoms with Crippen molar-refractivity contribution in [2.24, 2.45) is 11.8 Å². The molecule has 0 bridgehead atoms. The van der Waals surface area contributed by atoms with Crippen molar-refractivity contribution in [3.8, 4) is 0 Å². The number of ether oxygens (including phenoxy) is 2. The van der Waals surface area contributed by atoms with Crippen LogP contribution in [0.1, 0.15) is 25.7 Å². The lowest BCUT2D eigenvalue weighted by molar-refractivity contribution is -0.132. The standard InChI is InChI=1S/C15H26N2O5S/c1-23(19,20)17-5-2-12-8-13(22-14(12)10-17)15(18)16-9-11-3-6-21-7-4-11/h11-14H,2-10H2,1H3,(H,16,18)/t12-,13+,14+/m0/s1.